The molecule has 1 saturated carbocycles. The number of hydrogen-bond acceptors (Lipinski definition) is 5. The summed E-state index contributed by atoms with van der Waals surface area (Å²) in [5.41, 5.74) is 0. The molecule has 3 rings (SSSR count). The van der Waals surface area contributed by atoms with Crippen LogP contribution in [0.4, 0.5) is 0 Å². The number of piperidine rings is 1. The zero-order chi connectivity index (χ0) is 15.4. The van der Waals surface area contributed by atoms with Gasteiger partial charge in [0.05, 0.1) is 0 Å². The highest BCUT2D eigenvalue weighted by Crippen LogP contribution is 2.32. The van der Waals surface area contributed by atoms with Crippen LogP contribution >= 0.6 is 0 Å². The van der Waals surface area contributed by atoms with Gasteiger partial charge in [-0.2, -0.15) is 17.7 Å². The van der Waals surface area contributed by atoms with E-state index < -0.39 is 10.2 Å². The molecule has 2 aliphatic rings. The fraction of sp³-hybridized carbons (Fsp3) is 0.857. The van der Waals surface area contributed by atoms with Gasteiger partial charge in [0.2, 0.25) is 5.89 Å². The van der Waals surface area contributed by atoms with E-state index >= 15 is 0 Å². The average molecular weight is 328 g/mol. The first-order valence-corrected chi connectivity index (χ1v) is 9.66. The molecule has 1 N–H and O–H groups in total. The Balaban J connectivity index is 1.48. The lowest BCUT2D eigenvalue weighted by Crippen LogP contribution is -2.44. The summed E-state index contributed by atoms with van der Waals surface area (Å²) in [6, 6.07) is 0. The lowest BCUT2D eigenvalue weighted by molar-refractivity contribution is 0.341. The lowest BCUT2D eigenvalue weighted by atomic mass is 10.1. The van der Waals surface area contributed by atoms with Crippen LogP contribution in [0.3, 0.4) is 0 Å². The molecule has 22 heavy (non-hydrogen) atoms. The van der Waals surface area contributed by atoms with Crippen LogP contribution in [0.1, 0.15) is 62.6 Å². The second-order valence-corrected chi connectivity index (χ2v) is 7.89. The van der Waals surface area contributed by atoms with E-state index in [0.29, 0.717) is 43.7 Å². The molecule has 8 heteroatoms. The van der Waals surface area contributed by atoms with E-state index in [9.17, 15) is 8.42 Å². The normalized spacial score (nSPS) is 21.5. The van der Waals surface area contributed by atoms with E-state index in [1.165, 1.54) is 17.1 Å². The molecule has 1 saturated heterocycles. The van der Waals surface area contributed by atoms with E-state index in [1.807, 2.05) is 0 Å². The summed E-state index contributed by atoms with van der Waals surface area (Å²) in [7, 11) is -3.37. The Labute approximate surface area is 131 Å². The highest BCUT2D eigenvalue weighted by atomic mass is 32.2. The van der Waals surface area contributed by atoms with Crippen LogP contribution in [0.25, 0.3) is 0 Å². The molecule has 7 nitrogen and oxygen atoms in total. The molecule has 0 unspecified atom stereocenters. The first-order chi connectivity index (χ1) is 10.6. The van der Waals surface area contributed by atoms with Crippen molar-refractivity contribution in [2.75, 3.05) is 19.6 Å². The van der Waals surface area contributed by atoms with E-state index in [1.54, 1.807) is 0 Å². The second-order valence-electron chi connectivity index (χ2n) is 6.14. The van der Waals surface area contributed by atoms with Crippen molar-refractivity contribution >= 4 is 10.2 Å². The SMILES string of the molecule is O=S(=O)(NCCc1noc(C2CCCC2)n1)N1CCCCC1. The van der Waals surface area contributed by atoms with Crippen LogP contribution in [-0.2, 0) is 16.6 Å². The molecule has 1 aromatic heterocycles. The molecule has 0 radical (unpaired) electrons. The molecular weight excluding hydrogens is 304 g/mol. The standard InChI is InChI=1S/C14H24N4O3S/c19-22(20,18-10-4-1-5-11-18)15-9-8-13-16-14(21-17-13)12-6-2-3-7-12/h12,15H,1-11H2. The first-order valence-electron chi connectivity index (χ1n) is 8.22. The zero-order valence-electron chi connectivity index (χ0n) is 12.8. The molecule has 124 valence electrons. The maximum absolute atomic E-state index is 12.1. The van der Waals surface area contributed by atoms with Crippen LogP contribution in [0.2, 0.25) is 0 Å². The maximum Gasteiger partial charge on any atom is 0.279 e. The maximum atomic E-state index is 12.1. The molecule has 0 amide bonds. The monoisotopic (exact) mass is 328 g/mol. The van der Waals surface area contributed by atoms with Gasteiger partial charge in [0.25, 0.3) is 10.2 Å². The predicted molar refractivity (Wildman–Crippen MR) is 81.6 cm³/mol. The van der Waals surface area contributed by atoms with Crippen molar-refractivity contribution in [2.24, 2.45) is 0 Å². The van der Waals surface area contributed by atoms with Crippen molar-refractivity contribution in [1.29, 1.82) is 0 Å². The Morgan fingerprint density at radius 2 is 1.86 bits per heavy atom. The van der Waals surface area contributed by atoms with Gasteiger partial charge in [-0.15, -0.1) is 0 Å². The van der Waals surface area contributed by atoms with Crippen LogP contribution < -0.4 is 4.72 Å². The molecule has 1 aliphatic carbocycles. The highest BCUT2D eigenvalue weighted by molar-refractivity contribution is 7.87. The molecule has 0 bridgehead atoms. The Bertz CT molecular complexity index is 575. The molecule has 1 aliphatic heterocycles. The van der Waals surface area contributed by atoms with Crippen molar-refractivity contribution < 1.29 is 12.9 Å². The quantitative estimate of drug-likeness (QED) is 0.856. The van der Waals surface area contributed by atoms with Gasteiger partial charge in [-0.05, 0) is 25.7 Å². The predicted octanol–water partition coefficient (Wildman–Crippen LogP) is 1.59. The Kier molecular flexibility index (Phi) is 5.10. The van der Waals surface area contributed by atoms with E-state index in [0.717, 1.165) is 32.1 Å². The summed E-state index contributed by atoms with van der Waals surface area (Å²) in [6.07, 6.45) is 8.12. The van der Waals surface area contributed by atoms with Gasteiger partial charge in [-0.1, -0.05) is 24.4 Å². The van der Waals surface area contributed by atoms with Gasteiger partial charge in [-0.25, -0.2) is 4.72 Å². The van der Waals surface area contributed by atoms with E-state index in [4.69, 9.17) is 4.52 Å². The van der Waals surface area contributed by atoms with Crippen molar-refractivity contribution in [2.45, 2.75) is 57.3 Å². The van der Waals surface area contributed by atoms with Gasteiger partial charge in [0.15, 0.2) is 5.82 Å². The number of hydrogen-bond donors (Lipinski definition) is 1. The summed E-state index contributed by atoms with van der Waals surface area (Å²) >= 11 is 0. The van der Waals surface area contributed by atoms with Gasteiger partial charge < -0.3 is 4.52 Å². The summed E-state index contributed by atoms with van der Waals surface area (Å²) in [6.45, 7) is 1.54. The van der Waals surface area contributed by atoms with Crippen molar-refractivity contribution in [3.63, 3.8) is 0 Å². The molecule has 0 atom stereocenters. The Hall–Kier alpha value is -0.990. The number of nitrogens with one attached hydrogen (secondary N) is 1. The summed E-state index contributed by atoms with van der Waals surface area (Å²) in [4.78, 5) is 4.40. The van der Waals surface area contributed by atoms with E-state index in [2.05, 4.69) is 14.9 Å². The Morgan fingerprint density at radius 1 is 1.14 bits per heavy atom. The molecule has 2 heterocycles. The van der Waals surface area contributed by atoms with Crippen molar-refractivity contribution in [1.82, 2.24) is 19.2 Å². The van der Waals surface area contributed by atoms with Gasteiger partial charge in [0, 0.05) is 32.0 Å². The van der Waals surface area contributed by atoms with Crippen molar-refractivity contribution in [3.05, 3.63) is 11.7 Å². The fourth-order valence-corrected chi connectivity index (χ4v) is 4.48. The number of nitrogens with zero attached hydrogens (tertiary/aromatic N) is 3. The second kappa shape index (κ2) is 7.06. The largest absolute Gasteiger partial charge is 0.339 e. The molecule has 1 aromatic rings. The third kappa shape index (κ3) is 3.85. The van der Waals surface area contributed by atoms with Gasteiger partial charge in [-0.3, -0.25) is 0 Å². The number of aromatic nitrogens is 2. The molecular formula is C14H24N4O3S. The Morgan fingerprint density at radius 3 is 2.59 bits per heavy atom. The summed E-state index contributed by atoms with van der Waals surface area (Å²) < 4.78 is 33.7. The molecule has 0 spiro atoms. The smallest absolute Gasteiger partial charge is 0.279 e. The van der Waals surface area contributed by atoms with Gasteiger partial charge >= 0.3 is 0 Å². The van der Waals surface area contributed by atoms with E-state index in [-0.39, 0.29) is 0 Å². The third-order valence-corrected chi connectivity index (χ3v) is 6.09. The minimum absolute atomic E-state index is 0.308. The topological polar surface area (TPSA) is 88.3 Å². The fourth-order valence-electron chi connectivity index (χ4n) is 3.20. The lowest BCUT2D eigenvalue weighted by Gasteiger charge is -2.25. The third-order valence-electron chi connectivity index (χ3n) is 4.48. The minimum Gasteiger partial charge on any atom is -0.339 e. The first kappa shape index (κ1) is 15.9. The summed E-state index contributed by atoms with van der Waals surface area (Å²) in [5, 5.41) is 3.96. The average Bonchev–Trinajstić information content (AvgIpc) is 3.19. The number of rotatable bonds is 6. The summed E-state index contributed by atoms with van der Waals surface area (Å²) in [5.74, 6) is 1.70. The van der Waals surface area contributed by atoms with Crippen LogP contribution in [0, 0.1) is 0 Å². The van der Waals surface area contributed by atoms with Crippen LogP contribution in [0.5, 0.6) is 0 Å². The van der Waals surface area contributed by atoms with Crippen LogP contribution in [0.15, 0.2) is 4.52 Å². The van der Waals surface area contributed by atoms with Crippen LogP contribution in [-0.4, -0.2) is 42.5 Å². The van der Waals surface area contributed by atoms with Crippen molar-refractivity contribution in [3.8, 4) is 0 Å². The molecule has 0 aromatic carbocycles. The van der Waals surface area contributed by atoms with Gasteiger partial charge in [0.1, 0.15) is 0 Å². The molecule has 2 fully saturated rings. The zero-order valence-corrected chi connectivity index (χ0v) is 13.6. The minimum atomic E-state index is -3.37. The highest BCUT2D eigenvalue weighted by Gasteiger charge is 2.24.